The van der Waals surface area contributed by atoms with Crippen LogP contribution in [0.15, 0.2) is 59.5 Å². The molecule has 0 fully saturated rings. The van der Waals surface area contributed by atoms with Gasteiger partial charge in [-0.15, -0.1) is 0 Å². The third kappa shape index (κ3) is 7.77. The summed E-state index contributed by atoms with van der Waals surface area (Å²) in [5.41, 5.74) is 2.99. The lowest BCUT2D eigenvalue weighted by molar-refractivity contribution is 0.0482. The molecular formula is C28H34O9S. The van der Waals surface area contributed by atoms with Crippen LogP contribution in [0.5, 0.6) is 28.7 Å². The molecule has 38 heavy (non-hydrogen) atoms. The van der Waals surface area contributed by atoms with Crippen LogP contribution in [0, 0.1) is 6.92 Å². The standard InChI is InChI=1S/C28H34O9S/c1-20-6-11-23(12-7-20)38(29,30)37-15-14-35-24-13-10-21(16-25(24)36-19-31-2)8-9-22-17-26(32-3)28(34-5)27(18-22)33-4/h6-7,10-13,16-18H,8-9,14-15,19H2,1-5H3. The minimum Gasteiger partial charge on any atom is -0.493 e. The van der Waals surface area contributed by atoms with E-state index in [1.165, 1.54) is 19.2 Å². The predicted molar refractivity (Wildman–Crippen MR) is 142 cm³/mol. The van der Waals surface area contributed by atoms with Crippen LogP contribution >= 0.6 is 0 Å². The van der Waals surface area contributed by atoms with E-state index in [9.17, 15) is 8.42 Å². The van der Waals surface area contributed by atoms with Crippen molar-refractivity contribution in [3.63, 3.8) is 0 Å². The Bertz CT molecular complexity index is 1260. The second kappa shape index (κ2) is 13.9. The summed E-state index contributed by atoms with van der Waals surface area (Å²) in [5, 5.41) is 0. The molecule has 3 rings (SSSR count). The fraction of sp³-hybridized carbons (Fsp3) is 0.357. The van der Waals surface area contributed by atoms with E-state index in [0.717, 1.165) is 16.7 Å². The summed E-state index contributed by atoms with van der Waals surface area (Å²) in [5.74, 6) is 2.68. The van der Waals surface area contributed by atoms with E-state index in [1.807, 2.05) is 31.2 Å². The highest BCUT2D eigenvalue weighted by Gasteiger charge is 2.16. The number of hydrogen-bond acceptors (Lipinski definition) is 9. The van der Waals surface area contributed by atoms with E-state index >= 15 is 0 Å². The summed E-state index contributed by atoms with van der Waals surface area (Å²) in [4.78, 5) is 0.101. The minimum atomic E-state index is -3.87. The second-order valence-corrected chi connectivity index (χ2v) is 9.92. The van der Waals surface area contributed by atoms with Crippen molar-refractivity contribution in [2.24, 2.45) is 0 Å². The lowest BCUT2D eigenvalue weighted by Crippen LogP contribution is -2.13. The Morgan fingerprint density at radius 3 is 1.89 bits per heavy atom. The van der Waals surface area contributed by atoms with Gasteiger partial charge in [-0.25, -0.2) is 0 Å². The molecular weight excluding hydrogens is 512 g/mol. The van der Waals surface area contributed by atoms with Crippen molar-refractivity contribution in [2.75, 3.05) is 48.4 Å². The number of methoxy groups -OCH3 is 4. The summed E-state index contributed by atoms with van der Waals surface area (Å²) >= 11 is 0. The van der Waals surface area contributed by atoms with E-state index in [4.69, 9.17) is 32.6 Å². The van der Waals surface area contributed by atoms with Crippen molar-refractivity contribution in [1.82, 2.24) is 0 Å². The number of hydrogen-bond donors (Lipinski definition) is 0. The number of benzene rings is 3. The van der Waals surface area contributed by atoms with Crippen LogP contribution in [0.2, 0.25) is 0 Å². The third-order valence-corrected chi connectivity index (χ3v) is 6.98. The van der Waals surface area contributed by atoms with Gasteiger partial charge in [0.2, 0.25) is 5.75 Å². The Balaban J connectivity index is 1.64. The summed E-state index contributed by atoms with van der Waals surface area (Å²) in [7, 11) is 2.40. The van der Waals surface area contributed by atoms with E-state index in [2.05, 4.69) is 0 Å². The summed E-state index contributed by atoms with van der Waals surface area (Å²) in [6.07, 6.45) is 1.42. The number of aryl methyl sites for hydroxylation is 3. The monoisotopic (exact) mass is 546 g/mol. The van der Waals surface area contributed by atoms with Crippen molar-refractivity contribution < 1.29 is 41.0 Å². The van der Waals surface area contributed by atoms with Gasteiger partial charge in [-0.2, -0.15) is 8.42 Å². The summed E-state index contributed by atoms with van der Waals surface area (Å²) in [6.45, 7) is 1.78. The molecule has 9 nitrogen and oxygen atoms in total. The third-order valence-electron chi connectivity index (χ3n) is 5.66. The zero-order valence-corrected chi connectivity index (χ0v) is 23.1. The lowest BCUT2D eigenvalue weighted by atomic mass is 10.0. The first-order chi connectivity index (χ1) is 18.3. The molecule has 0 aromatic heterocycles. The Kier molecular flexibility index (Phi) is 10.6. The normalized spacial score (nSPS) is 11.2. The van der Waals surface area contributed by atoms with Crippen LogP contribution in [0.4, 0.5) is 0 Å². The molecule has 0 N–H and O–H groups in total. The molecule has 0 aliphatic rings. The van der Waals surface area contributed by atoms with Gasteiger partial charge < -0.3 is 28.4 Å². The first kappa shape index (κ1) is 29.1. The minimum absolute atomic E-state index is 0.0131. The van der Waals surface area contributed by atoms with E-state index in [1.54, 1.807) is 39.5 Å². The smallest absolute Gasteiger partial charge is 0.297 e. The molecule has 0 aliphatic carbocycles. The first-order valence-corrected chi connectivity index (χ1v) is 13.3. The molecule has 0 unspecified atom stereocenters. The average Bonchev–Trinajstić information content (AvgIpc) is 2.93. The SMILES string of the molecule is COCOc1cc(CCc2cc(OC)c(OC)c(OC)c2)ccc1OCCOS(=O)(=O)c1ccc(C)cc1. The molecule has 0 heterocycles. The molecule has 0 spiro atoms. The van der Waals surface area contributed by atoms with Gasteiger partial charge in [0.15, 0.2) is 29.8 Å². The highest BCUT2D eigenvalue weighted by atomic mass is 32.2. The molecule has 3 aromatic rings. The van der Waals surface area contributed by atoms with Gasteiger partial charge in [0.1, 0.15) is 13.2 Å². The van der Waals surface area contributed by atoms with Crippen LogP contribution in [0.25, 0.3) is 0 Å². The molecule has 0 bridgehead atoms. The lowest BCUT2D eigenvalue weighted by Gasteiger charge is -2.15. The van der Waals surface area contributed by atoms with Gasteiger partial charge in [-0.3, -0.25) is 4.18 Å². The maximum absolute atomic E-state index is 12.4. The predicted octanol–water partition coefficient (Wildman–Crippen LogP) is 4.57. The molecule has 0 radical (unpaired) electrons. The maximum atomic E-state index is 12.4. The molecule has 0 saturated heterocycles. The van der Waals surface area contributed by atoms with Gasteiger partial charge >= 0.3 is 0 Å². The van der Waals surface area contributed by atoms with Crippen LogP contribution in [-0.4, -0.2) is 56.9 Å². The van der Waals surface area contributed by atoms with Crippen molar-refractivity contribution in [3.05, 3.63) is 71.3 Å². The van der Waals surface area contributed by atoms with Crippen molar-refractivity contribution in [3.8, 4) is 28.7 Å². The summed E-state index contributed by atoms with van der Waals surface area (Å²) in [6, 6.07) is 15.9. The number of ether oxygens (including phenoxy) is 6. The summed E-state index contributed by atoms with van der Waals surface area (Å²) < 4.78 is 62.7. The topological polar surface area (TPSA) is 98.8 Å². The van der Waals surface area contributed by atoms with Crippen LogP contribution in [-0.2, 0) is 31.9 Å². The van der Waals surface area contributed by atoms with Gasteiger partial charge in [-0.1, -0.05) is 23.8 Å². The second-order valence-electron chi connectivity index (χ2n) is 8.30. The van der Waals surface area contributed by atoms with Crippen molar-refractivity contribution >= 4 is 10.1 Å². The largest absolute Gasteiger partial charge is 0.493 e. The fourth-order valence-electron chi connectivity index (χ4n) is 3.70. The first-order valence-electron chi connectivity index (χ1n) is 11.9. The number of rotatable bonds is 15. The van der Waals surface area contributed by atoms with Crippen LogP contribution in [0.3, 0.4) is 0 Å². The Hall–Kier alpha value is -3.47. The highest BCUT2D eigenvalue weighted by Crippen LogP contribution is 2.38. The van der Waals surface area contributed by atoms with Gasteiger partial charge in [-0.05, 0) is 67.3 Å². The van der Waals surface area contributed by atoms with E-state index in [-0.39, 0.29) is 24.9 Å². The molecule has 0 amide bonds. The van der Waals surface area contributed by atoms with Crippen LogP contribution < -0.4 is 23.7 Å². The maximum Gasteiger partial charge on any atom is 0.297 e. The Morgan fingerprint density at radius 1 is 0.658 bits per heavy atom. The molecule has 3 aromatic carbocycles. The highest BCUT2D eigenvalue weighted by molar-refractivity contribution is 7.86. The quantitative estimate of drug-likeness (QED) is 0.154. The van der Waals surface area contributed by atoms with Crippen molar-refractivity contribution in [2.45, 2.75) is 24.7 Å². The zero-order chi connectivity index (χ0) is 27.5. The van der Waals surface area contributed by atoms with Gasteiger partial charge in [0.25, 0.3) is 10.1 Å². The Labute approximate surface area is 224 Å². The average molecular weight is 547 g/mol. The van der Waals surface area contributed by atoms with E-state index < -0.39 is 10.1 Å². The molecule has 206 valence electrons. The van der Waals surface area contributed by atoms with Crippen molar-refractivity contribution in [1.29, 1.82) is 0 Å². The molecule has 0 aliphatic heterocycles. The van der Waals surface area contributed by atoms with Crippen LogP contribution in [0.1, 0.15) is 16.7 Å². The Morgan fingerprint density at radius 2 is 1.29 bits per heavy atom. The molecule has 0 saturated carbocycles. The molecule has 10 heteroatoms. The van der Waals surface area contributed by atoms with Gasteiger partial charge in [0.05, 0.1) is 26.2 Å². The van der Waals surface area contributed by atoms with E-state index in [0.29, 0.717) is 41.6 Å². The zero-order valence-electron chi connectivity index (χ0n) is 22.3. The fourth-order valence-corrected chi connectivity index (χ4v) is 4.59. The molecule has 0 atom stereocenters. The van der Waals surface area contributed by atoms with Gasteiger partial charge in [0, 0.05) is 7.11 Å².